The lowest BCUT2D eigenvalue weighted by Crippen LogP contribution is -2.25. The predicted octanol–water partition coefficient (Wildman–Crippen LogP) is 5.90. The highest BCUT2D eigenvalue weighted by molar-refractivity contribution is 9.10. The average Bonchev–Trinajstić information content (AvgIpc) is 3.15. The van der Waals surface area contributed by atoms with Gasteiger partial charge in [-0.2, -0.15) is 0 Å². The number of thiophene rings is 2. The van der Waals surface area contributed by atoms with Crippen LogP contribution in [0.3, 0.4) is 0 Å². The van der Waals surface area contributed by atoms with Crippen molar-refractivity contribution in [3.05, 3.63) is 42.7 Å². The van der Waals surface area contributed by atoms with Crippen molar-refractivity contribution in [2.45, 2.75) is 45.2 Å². The fraction of sp³-hybridized carbons (Fsp3) is 0.500. The van der Waals surface area contributed by atoms with Crippen LogP contribution in [0.4, 0.5) is 0 Å². The van der Waals surface area contributed by atoms with Crippen LogP contribution < -0.4 is 5.32 Å². The van der Waals surface area contributed by atoms with E-state index < -0.39 is 0 Å². The number of hydrogen-bond donors (Lipinski definition) is 1. The maximum atomic E-state index is 3.82. The molecule has 1 nitrogen and oxygen atoms in total. The van der Waals surface area contributed by atoms with E-state index in [4.69, 9.17) is 0 Å². The van der Waals surface area contributed by atoms with Gasteiger partial charge in [0.05, 0.1) is 0 Å². The molecule has 0 amide bonds. The van der Waals surface area contributed by atoms with Crippen LogP contribution in [0.5, 0.6) is 0 Å². The van der Waals surface area contributed by atoms with Gasteiger partial charge in [0.25, 0.3) is 0 Å². The van der Waals surface area contributed by atoms with Gasteiger partial charge in [0.1, 0.15) is 0 Å². The largest absolute Gasteiger partial charge is 0.304 e. The van der Waals surface area contributed by atoms with Gasteiger partial charge in [-0.1, -0.05) is 18.9 Å². The van der Waals surface area contributed by atoms with Crippen LogP contribution in [-0.2, 0) is 6.54 Å². The number of aryl methyl sites for hydroxylation is 1. The van der Waals surface area contributed by atoms with E-state index in [-0.39, 0.29) is 0 Å². The van der Waals surface area contributed by atoms with Crippen molar-refractivity contribution in [2.24, 2.45) is 5.92 Å². The predicted molar refractivity (Wildman–Crippen MR) is 92.6 cm³/mol. The molecule has 2 aromatic rings. The summed E-state index contributed by atoms with van der Waals surface area (Å²) in [4.78, 5) is 4.30. The highest BCUT2D eigenvalue weighted by Gasteiger charge is 2.26. The summed E-state index contributed by atoms with van der Waals surface area (Å²) in [6.45, 7) is 3.15. The Morgan fingerprint density at radius 1 is 1.40 bits per heavy atom. The van der Waals surface area contributed by atoms with Crippen molar-refractivity contribution in [3.8, 4) is 0 Å². The molecule has 4 heteroatoms. The molecule has 2 aromatic heterocycles. The molecule has 1 aliphatic carbocycles. The van der Waals surface area contributed by atoms with Crippen LogP contribution in [0.15, 0.2) is 28.1 Å². The van der Waals surface area contributed by atoms with E-state index in [1.54, 1.807) is 0 Å². The van der Waals surface area contributed by atoms with Gasteiger partial charge in [0.2, 0.25) is 0 Å². The molecule has 0 saturated heterocycles. The second-order valence-electron chi connectivity index (χ2n) is 5.54. The third kappa shape index (κ3) is 3.35. The molecule has 0 spiro atoms. The molecule has 1 saturated carbocycles. The first-order chi connectivity index (χ1) is 9.74. The summed E-state index contributed by atoms with van der Waals surface area (Å²) in [5.74, 6) is 0.818. The summed E-state index contributed by atoms with van der Waals surface area (Å²) in [5, 5.41) is 6.02. The Hall–Kier alpha value is -0.160. The van der Waals surface area contributed by atoms with Gasteiger partial charge >= 0.3 is 0 Å². The van der Waals surface area contributed by atoms with E-state index in [9.17, 15) is 0 Å². The molecule has 1 N–H and O–H groups in total. The summed E-state index contributed by atoms with van der Waals surface area (Å²) < 4.78 is 1.24. The molecule has 0 aliphatic heterocycles. The van der Waals surface area contributed by atoms with Gasteiger partial charge < -0.3 is 5.32 Å². The molecule has 2 heterocycles. The molecule has 3 rings (SSSR count). The lowest BCUT2D eigenvalue weighted by atomic mass is 9.96. The van der Waals surface area contributed by atoms with Crippen LogP contribution in [0.2, 0.25) is 0 Å². The first kappa shape index (κ1) is 14.8. The number of halogens is 1. The van der Waals surface area contributed by atoms with Crippen LogP contribution in [-0.4, -0.2) is 0 Å². The quantitative estimate of drug-likeness (QED) is 0.691. The van der Waals surface area contributed by atoms with Crippen LogP contribution in [0.1, 0.15) is 46.4 Å². The zero-order valence-corrected chi connectivity index (χ0v) is 14.9. The molecule has 1 fully saturated rings. The molecule has 0 radical (unpaired) electrons. The minimum absolute atomic E-state index is 0.540. The van der Waals surface area contributed by atoms with Gasteiger partial charge in [-0.15, -0.1) is 22.7 Å². The Kier molecular flexibility index (Phi) is 4.97. The average molecular weight is 370 g/mol. The van der Waals surface area contributed by atoms with E-state index in [0.29, 0.717) is 6.04 Å². The molecule has 1 aliphatic rings. The third-order valence-electron chi connectivity index (χ3n) is 4.13. The van der Waals surface area contributed by atoms with Crippen molar-refractivity contribution in [1.82, 2.24) is 5.32 Å². The SMILES string of the molecule is Cc1sc(CNC(c2cccs2)C2CCCC2)cc1Br. The molecule has 0 aromatic carbocycles. The number of rotatable bonds is 5. The molecule has 1 atom stereocenters. The second kappa shape index (κ2) is 6.73. The van der Waals surface area contributed by atoms with E-state index in [2.05, 4.69) is 51.7 Å². The van der Waals surface area contributed by atoms with E-state index >= 15 is 0 Å². The molecular weight excluding hydrogens is 350 g/mol. The summed E-state index contributed by atoms with van der Waals surface area (Å²) in [6, 6.07) is 7.26. The first-order valence-corrected chi connectivity index (χ1v) is 9.74. The maximum absolute atomic E-state index is 3.82. The molecule has 20 heavy (non-hydrogen) atoms. The summed E-state index contributed by atoms with van der Waals surface area (Å²) in [6.07, 6.45) is 5.56. The van der Waals surface area contributed by atoms with E-state index in [1.165, 1.54) is 44.8 Å². The van der Waals surface area contributed by atoms with Crippen molar-refractivity contribution >= 4 is 38.6 Å². The minimum Gasteiger partial charge on any atom is -0.304 e. The lowest BCUT2D eigenvalue weighted by Gasteiger charge is -2.23. The lowest BCUT2D eigenvalue weighted by molar-refractivity contribution is 0.372. The van der Waals surface area contributed by atoms with Crippen LogP contribution >= 0.6 is 38.6 Å². The van der Waals surface area contributed by atoms with Gasteiger partial charge in [-0.3, -0.25) is 0 Å². The van der Waals surface area contributed by atoms with Crippen LogP contribution in [0.25, 0.3) is 0 Å². The third-order valence-corrected chi connectivity index (χ3v) is 7.22. The normalized spacial score (nSPS) is 17.7. The van der Waals surface area contributed by atoms with Crippen molar-refractivity contribution in [1.29, 1.82) is 0 Å². The fourth-order valence-electron chi connectivity index (χ4n) is 3.07. The Labute approximate surface area is 137 Å². The topological polar surface area (TPSA) is 12.0 Å². The highest BCUT2D eigenvalue weighted by Crippen LogP contribution is 2.38. The molecule has 108 valence electrons. The summed E-state index contributed by atoms with van der Waals surface area (Å²) >= 11 is 7.40. The Balaban J connectivity index is 1.70. The number of nitrogens with one attached hydrogen (secondary N) is 1. The Morgan fingerprint density at radius 2 is 2.20 bits per heavy atom. The van der Waals surface area contributed by atoms with Gasteiger partial charge in [-0.25, -0.2) is 0 Å². The van der Waals surface area contributed by atoms with Crippen molar-refractivity contribution in [3.63, 3.8) is 0 Å². The van der Waals surface area contributed by atoms with Crippen molar-refractivity contribution in [2.75, 3.05) is 0 Å². The van der Waals surface area contributed by atoms with Gasteiger partial charge in [0, 0.05) is 31.7 Å². The fourth-order valence-corrected chi connectivity index (χ4v) is 5.52. The number of hydrogen-bond acceptors (Lipinski definition) is 3. The van der Waals surface area contributed by atoms with E-state index in [0.717, 1.165) is 12.5 Å². The highest BCUT2D eigenvalue weighted by atomic mass is 79.9. The Bertz CT molecular complexity index is 521. The summed E-state index contributed by atoms with van der Waals surface area (Å²) in [7, 11) is 0. The first-order valence-electron chi connectivity index (χ1n) is 7.25. The van der Waals surface area contributed by atoms with Crippen molar-refractivity contribution < 1.29 is 0 Å². The molecular formula is C16H20BrNS2. The minimum atomic E-state index is 0.540. The standard InChI is InChI=1S/C16H20BrNS2/c1-11-14(17)9-13(20-11)10-18-16(12-5-2-3-6-12)15-7-4-8-19-15/h4,7-9,12,16,18H,2-3,5-6,10H2,1H3. The molecule has 0 bridgehead atoms. The van der Waals surface area contributed by atoms with Gasteiger partial charge in [-0.05, 0) is 59.1 Å². The maximum Gasteiger partial charge on any atom is 0.0446 e. The monoisotopic (exact) mass is 369 g/mol. The van der Waals surface area contributed by atoms with E-state index in [1.807, 2.05) is 22.7 Å². The van der Waals surface area contributed by atoms with Gasteiger partial charge in [0.15, 0.2) is 0 Å². The zero-order chi connectivity index (χ0) is 13.9. The zero-order valence-electron chi connectivity index (χ0n) is 11.7. The Morgan fingerprint density at radius 3 is 2.80 bits per heavy atom. The van der Waals surface area contributed by atoms with Crippen LogP contribution in [0, 0.1) is 12.8 Å². The second-order valence-corrected chi connectivity index (χ2v) is 8.71. The summed E-state index contributed by atoms with van der Waals surface area (Å²) in [5.41, 5.74) is 0. The smallest absolute Gasteiger partial charge is 0.0446 e. The molecule has 1 unspecified atom stereocenters.